The molecule has 4 aromatic rings. The van der Waals surface area contributed by atoms with Crippen molar-refractivity contribution in [1.29, 1.82) is 0 Å². The highest BCUT2D eigenvalue weighted by atomic mass is 19.1. The second-order valence-electron chi connectivity index (χ2n) is 8.18. The minimum atomic E-state index is -0.296. The third kappa shape index (κ3) is 5.21. The van der Waals surface area contributed by atoms with E-state index in [0.29, 0.717) is 11.5 Å². The van der Waals surface area contributed by atoms with E-state index in [0.717, 1.165) is 55.1 Å². The molecule has 0 aliphatic carbocycles. The van der Waals surface area contributed by atoms with Crippen molar-refractivity contribution in [3.63, 3.8) is 0 Å². The largest absolute Gasteiger partial charge is 0.340 e. The summed E-state index contributed by atoms with van der Waals surface area (Å²) in [5.41, 5.74) is 3.38. The number of aromatic nitrogens is 4. The third-order valence-corrected chi connectivity index (χ3v) is 5.80. The van der Waals surface area contributed by atoms with Crippen LogP contribution in [0.4, 0.5) is 15.9 Å². The zero-order chi connectivity index (χ0) is 22.5. The van der Waals surface area contributed by atoms with Crippen LogP contribution in [-0.4, -0.2) is 31.4 Å². The molecule has 166 valence electrons. The van der Waals surface area contributed by atoms with Gasteiger partial charge in [-0.25, -0.2) is 14.4 Å². The third-order valence-electron chi connectivity index (χ3n) is 5.80. The molecule has 0 unspecified atom stereocenters. The summed E-state index contributed by atoms with van der Waals surface area (Å²) in [5.74, 6) is 1.09. The standard InChI is InChI=1S/C26H25FN6/c27-20-8-5-10-21(15-20)30-25-16-23(19-7-6-12-28-17-19)31-26(32-25)24-11-2-4-14-33(24)18-22-9-1-3-13-29-22/h1,3,5-10,12-13,15-17,24H,2,4,11,14,18H2,(H,30,31,32)/t24-/m1/s1. The van der Waals surface area contributed by atoms with Crippen molar-refractivity contribution >= 4 is 11.5 Å². The molecule has 33 heavy (non-hydrogen) atoms. The molecule has 1 saturated heterocycles. The summed E-state index contributed by atoms with van der Waals surface area (Å²) >= 11 is 0. The van der Waals surface area contributed by atoms with Crippen LogP contribution in [0, 0.1) is 5.82 Å². The minimum Gasteiger partial charge on any atom is -0.340 e. The Bertz CT molecular complexity index is 1200. The van der Waals surface area contributed by atoms with Gasteiger partial charge in [0.1, 0.15) is 17.5 Å². The Morgan fingerprint density at radius 2 is 1.94 bits per heavy atom. The van der Waals surface area contributed by atoms with Crippen LogP contribution in [0.15, 0.2) is 79.3 Å². The zero-order valence-electron chi connectivity index (χ0n) is 18.2. The van der Waals surface area contributed by atoms with Gasteiger partial charge in [-0.05, 0) is 61.9 Å². The lowest BCUT2D eigenvalue weighted by Crippen LogP contribution is -2.34. The molecule has 1 fully saturated rings. The summed E-state index contributed by atoms with van der Waals surface area (Å²) in [6.45, 7) is 1.72. The summed E-state index contributed by atoms with van der Waals surface area (Å²) in [5, 5.41) is 3.26. The fourth-order valence-electron chi connectivity index (χ4n) is 4.23. The van der Waals surface area contributed by atoms with Gasteiger partial charge >= 0.3 is 0 Å². The fourth-order valence-corrected chi connectivity index (χ4v) is 4.23. The molecule has 1 aliphatic rings. The minimum absolute atomic E-state index is 0.0745. The average Bonchev–Trinajstić information content (AvgIpc) is 2.85. The number of nitrogens with zero attached hydrogens (tertiary/aromatic N) is 5. The Morgan fingerprint density at radius 1 is 0.970 bits per heavy atom. The van der Waals surface area contributed by atoms with Crippen molar-refractivity contribution in [2.24, 2.45) is 0 Å². The van der Waals surface area contributed by atoms with E-state index in [1.807, 2.05) is 42.6 Å². The number of anilines is 2. The van der Waals surface area contributed by atoms with Gasteiger partial charge in [0, 0.05) is 42.5 Å². The molecule has 5 rings (SSSR count). The summed E-state index contributed by atoms with van der Waals surface area (Å²) in [6, 6.07) is 18.2. The number of nitrogens with one attached hydrogen (secondary N) is 1. The van der Waals surface area contributed by atoms with Crippen LogP contribution in [0.5, 0.6) is 0 Å². The van der Waals surface area contributed by atoms with Crippen molar-refractivity contribution in [2.75, 3.05) is 11.9 Å². The quantitative estimate of drug-likeness (QED) is 0.424. The highest BCUT2D eigenvalue weighted by Gasteiger charge is 2.27. The van der Waals surface area contributed by atoms with Crippen LogP contribution < -0.4 is 5.32 Å². The first-order valence-electron chi connectivity index (χ1n) is 11.2. The molecule has 7 heteroatoms. The smallest absolute Gasteiger partial charge is 0.148 e. The highest BCUT2D eigenvalue weighted by molar-refractivity contribution is 5.65. The van der Waals surface area contributed by atoms with Crippen LogP contribution >= 0.6 is 0 Å². The van der Waals surface area contributed by atoms with Gasteiger partial charge in [0.2, 0.25) is 0 Å². The molecule has 0 amide bonds. The number of rotatable bonds is 6. The number of likely N-dealkylation sites (tertiary alicyclic amines) is 1. The molecule has 0 bridgehead atoms. The van der Waals surface area contributed by atoms with Crippen LogP contribution in [0.3, 0.4) is 0 Å². The average molecular weight is 441 g/mol. The Morgan fingerprint density at radius 3 is 2.76 bits per heavy atom. The first kappa shape index (κ1) is 21.2. The topological polar surface area (TPSA) is 66.8 Å². The van der Waals surface area contributed by atoms with E-state index in [2.05, 4.69) is 26.3 Å². The SMILES string of the molecule is Fc1cccc(Nc2cc(-c3cccnc3)nc([C@H]3CCCCN3Cc3ccccn3)n2)c1. The van der Waals surface area contributed by atoms with Gasteiger partial charge in [-0.3, -0.25) is 14.9 Å². The van der Waals surface area contributed by atoms with Crippen molar-refractivity contribution in [3.05, 3.63) is 96.6 Å². The number of pyridine rings is 2. The Balaban J connectivity index is 1.51. The van der Waals surface area contributed by atoms with Crippen molar-refractivity contribution in [1.82, 2.24) is 24.8 Å². The summed E-state index contributed by atoms with van der Waals surface area (Å²) in [6.07, 6.45) is 8.60. The fraction of sp³-hybridized carbons (Fsp3) is 0.231. The van der Waals surface area contributed by atoms with E-state index in [-0.39, 0.29) is 11.9 Å². The molecule has 0 spiro atoms. The number of benzene rings is 1. The van der Waals surface area contributed by atoms with Gasteiger partial charge in [-0.1, -0.05) is 18.6 Å². The maximum atomic E-state index is 13.7. The predicted molar refractivity (Wildman–Crippen MR) is 126 cm³/mol. The van der Waals surface area contributed by atoms with Gasteiger partial charge in [-0.15, -0.1) is 0 Å². The molecule has 0 saturated carbocycles. The Labute approximate surface area is 192 Å². The lowest BCUT2D eigenvalue weighted by molar-refractivity contribution is 0.132. The summed E-state index contributed by atoms with van der Waals surface area (Å²) in [7, 11) is 0. The monoisotopic (exact) mass is 440 g/mol. The molecule has 1 aliphatic heterocycles. The van der Waals surface area contributed by atoms with E-state index in [9.17, 15) is 4.39 Å². The second kappa shape index (κ2) is 9.83. The van der Waals surface area contributed by atoms with Gasteiger partial charge in [-0.2, -0.15) is 0 Å². The van der Waals surface area contributed by atoms with Crippen LogP contribution in [0.25, 0.3) is 11.3 Å². The molecule has 3 aromatic heterocycles. The van der Waals surface area contributed by atoms with Crippen LogP contribution in [0.2, 0.25) is 0 Å². The molecule has 1 aromatic carbocycles. The van der Waals surface area contributed by atoms with Crippen molar-refractivity contribution in [2.45, 2.75) is 31.8 Å². The summed E-state index contributed by atoms with van der Waals surface area (Å²) < 4.78 is 13.7. The van der Waals surface area contributed by atoms with Gasteiger partial charge in [0.25, 0.3) is 0 Å². The molecule has 1 N–H and O–H groups in total. The number of hydrogen-bond donors (Lipinski definition) is 1. The Hall–Kier alpha value is -3.71. The molecule has 1 atom stereocenters. The molecule has 6 nitrogen and oxygen atoms in total. The van der Waals surface area contributed by atoms with Gasteiger partial charge in [0.15, 0.2) is 0 Å². The lowest BCUT2D eigenvalue weighted by Gasteiger charge is -2.34. The number of piperidine rings is 1. The van der Waals surface area contributed by atoms with E-state index in [1.165, 1.54) is 12.1 Å². The van der Waals surface area contributed by atoms with Crippen molar-refractivity contribution < 1.29 is 4.39 Å². The number of hydrogen-bond acceptors (Lipinski definition) is 6. The lowest BCUT2D eigenvalue weighted by atomic mass is 10.0. The van der Waals surface area contributed by atoms with E-state index in [4.69, 9.17) is 9.97 Å². The predicted octanol–water partition coefficient (Wildman–Crippen LogP) is 5.54. The molecule has 4 heterocycles. The van der Waals surface area contributed by atoms with E-state index >= 15 is 0 Å². The molecular formula is C26H25FN6. The Kier molecular flexibility index (Phi) is 6.30. The van der Waals surface area contributed by atoms with Crippen LogP contribution in [-0.2, 0) is 6.54 Å². The van der Waals surface area contributed by atoms with Crippen LogP contribution in [0.1, 0.15) is 36.8 Å². The van der Waals surface area contributed by atoms with E-state index < -0.39 is 0 Å². The van der Waals surface area contributed by atoms with Gasteiger partial charge < -0.3 is 5.32 Å². The highest BCUT2D eigenvalue weighted by Crippen LogP contribution is 2.32. The first-order chi connectivity index (χ1) is 16.2. The summed E-state index contributed by atoms with van der Waals surface area (Å²) in [4.78, 5) is 21.0. The van der Waals surface area contributed by atoms with E-state index in [1.54, 1.807) is 18.5 Å². The maximum Gasteiger partial charge on any atom is 0.148 e. The maximum absolute atomic E-state index is 13.7. The van der Waals surface area contributed by atoms with Gasteiger partial charge in [0.05, 0.1) is 17.4 Å². The number of halogens is 1. The first-order valence-corrected chi connectivity index (χ1v) is 11.2. The molecular weight excluding hydrogens is 415 g/mol. The zero-order valence-corrected chi connectivity index (χ0v) is 18.2. The second-order valence-corrected chi connectivity index (χ2v) is 8.18. The van der Waals surface area contributed by atoms with Crippen molar-refractivity contribution in [3.8, 4) is 11.3 Å². The normalized spacial score (nSPS) is 16.5. The molecule has 0 radical (unpaired) electrons.